The zero-order chi connectivity index (χ0) is 16.2. The molecule has 3 aromatic rings. The Morgan fingerprint density at radius 1 is 1.00 bits per heavy atom. The molecule has 3 rings (SSSR count). The van der Waals surface area contributed by atoms with Crippen molar-refractivity contribution in [2.24, 2.45) is 0 Å². The highest BCUT2D eigenvalue weighted by Crippen LogP contribution is 2.32. The fourth-order valence-corrected chi connectivity index (χ4v) is 2.72. The highest BCUT2D eigenvalue weighted by Gasteiger charge is 2.09. The van der Waals surface area contributed by atoms with Crippen LogP contribution in [0.25, 0.3) is 11.3 Å². The number of benzene rings is 2. The van der Waals surface area contributed by atoms with Gasteiger partial charge in [-0.3, -0.25) is 0 Å². The van der Waals surface area contributed by atoms with Crippen LogP contribution in [0.4, 0.5) is 0 Å². The maximum atomic E-state index is 6.05. The maximum absolute atomic E-state index is 6.05. The summed E-state index contributed by atoms with van der Waals surface area (Å²) in [4.78, 5) is 3.35. The number of aromatic nitrogens is 1. The molecule has 1 heterocycles. The van der Waals surface area contributed by atoms with E-state index in [4.69, 9.17) is 9.47 Å². The summed E-state index contributed by atoms with van der Waals surface area (Å²) in [6.45, 7) is 2.55. The molecular weight excluding hydrogens is 354 g/mol. The average molecular weight is 372 g/mol. The molecule has 0 aliphatic rings. The van der Waals surface area contributed by atoms with Crippen LogP contribution >= 0.6 is 15.9 Å². The fourth-order valence-electron chi connectivity index (χ4n) is 2.38. The van der Waals surface area contributed by atoms with Crippen molar-refractivity contribution >= 4 is 15.9 Å². The standard InChI is InChI=1S/C19H18BrNO2/c1-13-3-10-18(21-13)17-9-6-15(20)11-19(17)23-12-14-4-7-16(22-2)8-5-14/h3-11,21H,12H2,1-2H3. The van der Waals surface area contributed by atoms with Crippen LogP contribution in [0.5, 0.6) is 11.5 Å². The van der Waals surface area contributed by atoms with E-state index in [1.807, 2.05) is 43.3 Å². The van der Waals surface area contributed by atoms with Gasteiger partial charge in [-0.25, -0.2) is 0 Å². The Hall–Kier alpha value is -2.20. The van der Waals surface area contributed by atoms with Gasteiger partial charge in [-0.05, 0) is 55.0 Å². The number of H-pyrrole nitrogens is 1. The van der Waals surface area contributed by atoms with E-state index >= 15 is 0 Å². The fraction of sp³-hybridized carbons (Fsp3) is 0.158. The normalized spacial score (nSPS) is 10.6. The van der Waals surface area contributed by atoms with E-state index in [0.29, 0.717) is 6.61 Å². The van der Waals surface area contributed by atoms with Crippen LogP contribution in [-0.2, 0) is 6.61 Å². The van der Waals surface area contributed by atoms with Crippen molar-refractivity contribution < 1.29 is 9.47 Å². The summed E-state index contributed by atoms with van der Waals surface area (Å²) in [5, 5.41) is 0. The van der Waals surface area contributed by atoms with Gasteiger partial charge in [0.1, 0.15) is 18.1 Å². The van der Waals surface area contributed by atoms with E-state index in [1.165, 1.54) is 0 Å². The van der Waals surface area contributed by atoms with Gasteiger partial charge in [-0.15, -0.1) is 0 Å². The van der Waals surface area contributed by atoms with Gasteiger partial charge in [-0.2, -0.15) is 0 Å². The molecule has 0 radical (unpaired) electrons. The molecule has 118 valence electrons. The summed E-state index contributed by atoms with van der Waals surface area (Å²) in [6.07, 6.45) is 0. The van der Waals surface area contributed by atoms with Crippen molar-refractivity contribution in [1.82, 2.24) is 4.98 Å². The summed E-state index contributed by atoms with van der Waals surface area (Å²) >= 11 is 3.51. The first-order valence-corrected chi connectivity index (χ1v) is 8.16. The first-order valence-electron chi connectivity index (χ1n) is 7.37. The molecule has 4 heteroatoms. The van der Waals surface area contributed by atoms with Crippen molar-refractivity contribution in [3.8, 4) is 22.8 Å². The summed E-state index contributed by atoms with van der Waals surface area (Å²) in [5.74, 6) is 1.69. The van der Waals surface area contributed by atoms with Crippen molar-refractivity contribution in [3.63, 3.8) is 0 Å². The minimum Gasteiger partial charge on any atom is -0.497 e. The molecule has 2 aromatic carbocycles. The van der Waals surface area contributed by atoms with Gasteiger partial charge >= 0.3 is 0 Å². The van der Waals surface area contributed by atoms with Crippen LogP contribution in [0.3, 0.4) is 0 Å². The van der Waals surface area contributed by atoms with Crippen LogP contribution in [0.15, 0.2) is 59.1 Å². The average Bonchev–Trinajstić information content (AvgIpc) is 2.99. The molecular formula is C19H18BrNO2. The lowest BCUT2D eigenvalue weighted by molar-refractivity contribution is 0.307. The second-order valence-corrected chi connectivity index (χ2v) is 6.25. The first kappa shape index (κ1) is 15.7. The Labute approximate surface area is 144 Å². The molecule has 3 nitrogen and oxygen atoms in total. The van der Waals surface area contributed by atoms with Crippen molar-refractivity contribution in [1.29, 1.82) is 0 Å². The van der Waals surface area contributed by atoms with Crippen molar-refractivity contribution in [2.75, 3.05) is 7.11 Å². The Kier molecular flexibility index (Phi) is 4.72. The molecule has 0 aliphatic heterocycles. The maximum Gasteiger partial charge on any atom is 0.130 e. The van der Waals surface area contributed by atoms with E-state index in [2.05, 4.69) is 39.1 Å². The minimum absolute atomic E-state index is 0.507. The lowest BCUT2D eigenvalue weighted by Crippen LogP contribution is -1.97. The molecule has 0 fully saturated rings. The largest absolute Gasteiger partial charge is 0.497 e. The lowest BCUT2D eigenvalue weighted by Gasteiger charge is -2.12. The zero-order valence-corrected chi connectivity index (χ0v) is 14.7. The SMILES string of the molecule is COc1ccc(COc2cc(Br)ccc2-c2ccc(C)[nH]2)cc1. The highest BCUT2D eigenvalue weighted by atomic mass is 79.9. The molecule has 0 saturated carbocycles. The second kappa shape index (κ2) is 6.92. The summed E-state index contributed by atoms with van der Waals surface area (Å²) < 4.78 is 12.2. The molecule has 1 N–H and O–H groups in total. The Balaban J connectivity index is 1.82. The summed E-state index contributed by atoms with van der Waals surface area (Å²) in [6, 6.07) is 18.1. The molecule has 0 unspecified atom stereocenters. The van der Waals surface area contributed by atoms with E-state index < -0.39 is 0 Å². The molecule has 0 saturated heterocycles. The van der Waals surface area contributed by atoms with E-state index in [9.17, 15) is 0 Å². The van der Waals surface area contributed by atoms with Crippen molar-refractivity contribution in [3.05, 3.63) is 70.3 Å². The van der Waals surface area contributed by atoms with E-state index in [0.717, 1.165) is 38.5 Å². The Bertz CT molecular complexity index is 793. The third-order valence-electron chi connectivity index (χ3n) is 3.62. The smallest absolute Gasteiger partial charge is 0.130 e. The lowest BCUT2D eigenvalue weighted by atomic mass is 10.1. The minimum atomic E-state index is 0.507. The monoisotopic (exact) mass is 371 g/mol. The van der Waals surface area contributed by atoms with Gasteiger partial charge < -0.3 is 14.5 Å². The third kappa shape index (κ3) is 3.77. The van der Waals surface area contributed by atoms with Crippen molar-refractivity contribution in [2.45, 2.75) is 13.5 Å². The second-order valence-electron chi connectivity index (χ2n) is 5.33. The van der Waals surface area contributed by atoms with Crippen LogP contribution in [0.2, 0.25) is 0 Å². The van der Waals surface area contributed by atoms with Gasteiger partial charge in [0, 0.05) is 21.4 Å². The number of halogens is 1. The quantitative estimate of drug-likeness (QED) is 0.656. The van der Waals surface area contributed by atoms with Gasteiger partial charge in [0.2, 0.25) is 0 Å². The predicted octanol–water partition coefficient (Wildman–Crippen LogP) is 5.34. The number of aromatic amines is 1. The van der Waals surface area contributed by atoms with Crippen LogP contribution in [0, 0.1) is 6.92 Å². The number of hydrogen-bond acceptors (Lipinski definition) is 2. The summed E-state index contributed by atoms with van der Waals surface area (Å²) in [5.41, 5.74) is 4.33. The van der Waals surface area contributed by atoms with E-state index in [1.54, 1.807) is 7.11 Å². The van der Waals surface area contributed by atoms with Gasteiger partial charge in [0.05, 0.1) is 7.11 Å². The number of methoxy groups -OCH3 is 1. The number of nitrogens with one attached hydrogen (secondary N) is 1. The topological polar surface area (TPSA) is 34.2 Å². The molecule has 0 atom stereocenters. The summed E-state index contributed by atoms with van der Waals surface area (Å²) in [7, 11) is 1.66. The van der Waals surface area contributed by atoms with Crippen LogP contribution in [0.1, 0.15) is 11.3 Å². The third-order valence-corrected chi connectivity index (χ3v) is 4.11. The van der Waals surface area contributed by atoms with Gasteiger partial charge in [-0.1, -0.05) is 28.1 Å². The Morgan fingerprint density at radius 3 is 2.43 bits per heavy atom. The number of aryl methyl sites for hydroxylation is 1. The molecule has 0 aliphatic carbocycles. The molecule has 0 bridgehead atoms. The first-order chi connectivity index (χ1) is 11.2. The van der Waals surface area contributed by atoms with E-state index in [-0.39, 0.29) is 0 Å². The predicted molar refractivity (Wildman–Crippen MR) is 96.0 cm³/mol. The molecule has 1 aromatic heterocycles. The van der Waals surface area contributed by atoms with Gasteiger partial charge in [0.25, 0.3) is 0 Å². The highest BCUT2D eigenvalue weighted by molar-refractivity contribution is 9.10. The molecule has 23 heavy (non-hydrogen) atoms. The number of ether oxygens (including phenoxy) is 2. The van der Waals surface area contributed by atoms with Crippen LogP contribution < -0.4 is 9.47 Å². The Morgan fingerprint density at radius 2 is 1.78 bits per heavy atom. The molecule has 0 amide bonds. The van der Waals surface area contributed by atoms with Gasteiger partial charge in [0.15, 0.2) is 0 Å². The number of rotatable bonds is 5. The van der Waals surface area contributed by atoms with Crippen LogP contribution in [-0.4, -0.2) is 12.1 Å². The zero-order valence-electron chi connectivity index (χ0n) is 13.1. The molecule has 0 spiro atoms. The number of hydrogen-bond donors (Lipinski definition) is 1.